The Morgan fingerprint density at radius 1 is 1.21 bits per heavy atom. The third kappa shape index (κ3) is 4.17. The van der Waals surface area contributed by atoms with Gasteiger partial charge < -0.3 is 10.6 Å². The Bertz CT molecular complexity index is 717. The largest absolute Gasteiger partial charge is 0.354 e. The van der Waals surface area contributed by atoms with Crippen LogP contribution in [0.1, 0.15) is 35.3 Å². The minimum absolute atomic E-state index is 0.0100. The molecule has 130 valence electrons. The Hall–Kier alpha value is -2.28. The summed E-state index contributed by atoms with van der Waals surface area (Å²) >= 11 is 0. The highest BCUT2D eigenvalue weighted by molar-refractivity contribution is 5.79. The van der Waals surface area contributed by atoms with Crippen LogP contribution >= 0.6 is 0 Å². The highest BCUT2D eigenvalue weighted by Gasteiger charge is 2.17. The molecule has 2 N–H and O–H groups in total. The van der Waals surface area contributed by atoms with Gasteiger partial charge in [0.25, 0.3) is 5.95 Å². The fourth-order valence-electron chi connectivity index (χ4n) is 2.52. The molecule has 0 saturated heterocycles. The molecule has 2 aromatic heterocycles. The van der Waals surface area contributed by atoms with Gasteiger partial charge in [-0.3, -0.25) is 4.79 Å². The minimum atomic E-state index is -0.0100. The molecular formula is C17H26N6O. The summed E-state index contributed by atoms with van der Waals surface area (Å²) < 4.78 is 1.72. The number of aromatic nitrogens is 4. The molecule has 1 amide bonds. The quantitative estimate of drug-likeness (QED) is 0.830. The summed E-state index contributed by atoms with van der Waals surface area (Å²) in [5.74, 6) is 0.535. The highest BCUT2D eigenvalue weighted by atomic mass is 16.1. The molecule has 7 nitrogen and oxygen atoms in total. The molecular weight excluding hydrogens is 304 g/mol. The smallest absolute Gasteiger partial charge is 0.251 e. The lowest BCUT2D eigenvalue weighted by Crippen LogP contribution is -2.37. The molecule has 1 unspecified atom stereocenters. The molecule has 2 heterocycles. The zero-order valence-electron chi connectivity index (χ0n) is 15.3. The predicted molar refractivity (Wildman–Crippen MR) is 93.3 cm³/mol. The third-order valence-corrected chi connectivity index (χ3v) is 4.04. The van der Waals surface area contributed by atoms with Crippen molar-refractivity contribution in [3.8, 4) is 5.95 Å². The third-order valence-electron chi connectivity index (χ3n) is 4.04. The molecule has 0 aliphatic heterocycles. The lowest BCUT2D eigenvalue weighted by atomic mass is 10.1. The first-order valence-electron chi connectivity index (χ1n) is 8.13. The van der Waals surface area contributed by atoms with E-state index in [2.05, 4.69) is 25.7 Å². The van der Waals surface area contributed by atoms with E-state index in [0.29, 0.717) is 18.9 Å². The van der Waals surface area contributed by atoms with Crippen LogP contribution in [0.3, 0.4) is 0 Å². The second-order valence-electron chi connectivity index (χ2n) is 6.18. The van der Waals surface area contributed by atoms with Crippen LogP contribution < -0.4 is 10.6 Å². The molecule has 2 aromatic rings. The van der Waals surface area contributed by atoms with Crippen molar-refractivity contribution >= 4 is 5.91 Å². The molecule has 0 saturated carbocycles. The first kappa shape index (κ1) is 18.1. The van der Waals surface area contributed by atoms with Gasteiger partial charge in [0.2, 0.25) is 5.91 Å². The van der Waals surface area contributed by atoms with Crippen LogP contribution in [0, 0.1) is 27.7 Å². The van der Waals surface area contributed by atoms with Crippen molar-refractivity contribution in [2.45, 2.75) is 47.1 Å². The normalized spacial score (nSPS) is 12.2. The molecule has 0 aliphatic rings. The first-order chi connectivity index (χ1) is 11.3. The van der Waals surface area contributed by atoms with Crippen LogP contribution in [0.2, 0.25) is 0 Å². The maximum absolute atomic E-state index is 12.2. The Balaban J connectivity index is 2.21. The maximum atomic E-state index is 12.2. The molecule has 24 heavy (non-hydrogen) atoms. The van der Waals surface area contributed by atoms with Gasteiger partial charge in [-0.25, -0.2) is 14.6 Å². The van der Waals surface area contributed by atoms with Gasteiger partial charge in [0.15, 0.2) is 0 Å². The summed E-state index contributed by atoms with van der Waals surface area (Å²) in [5.41, 5.74) is 4.43. The highest BCUT2D eigenvalue weighted by Crippen LogP contribution is 2.17. The fraction of sp³-hybridized carbons (Fsp3) is 0.529. The number of likely N-dealkylation sites (N-methyl/N-ethyl adjacent to an activating group) is 1. The minimum Gasteiger partial charge on any atom is -0.354 e. The summed E-state index contributed by atoms with van der Waals surface area (Å²) in [7, 11) is 1.87. The number of aryl methyl sites for hydroxylation is 3. The van der Waals surface area contributed by atoms with Crippen LogP contribution in [-0.2, 0) is 11.2 Å². The SMILES string of the molecule is CNC(C)CNC(=O)Cc1c(C)nn(-c2nc(C)cc(C)n2)c1C. The number of hydrogen-bond acceptors (Lipinski definition) is 5. The van der Waals surface area contributed by atoms with Gasteiger partial charge in [-0.05, 0) is 47.7 Å². The van der Waals surface area contributed by atoms with Crippen LogP contribution in [0.25, 0.3) is 5.95 Å². The van der Waals surface area contributed by atoms with Gasteiger partial charge in [-0.2, -0.15) is 5.10 Å². The molecule has 0 fully saturated rings. The van der Waals surface area contributed by atoms with Crippen molar-refractivity contribution in [3.05, 3.63) is 34.4 Å². The average molecular weight is 330 g/mol. The van der Waals surface area contributed by atoms with Gasteiger partial charge in [-0.1, -0.05) is 0 Å². The van der Waals surface area contributed by atoms with Crippen LogP contribution in [0.5, 0.6) is 0 Å². The molecule has 0 aromatic carbocycles. The molecule has 0 aliphatic carbocycles. The summed E-state index contributed by atoms with van der Waals surface area (Å²) in [6.07, 6.45) is 0.304. The van der Waals surface area contributed by atoms with E-state index in [1.54, 1.807) is 4.68 Å². The summed E-state index contributed by atoms with van der Waals surface area (Å²) in [4.78, 5) is 21.1. The van der Waals surface area contributed by atoms with E-state index in [9.17, 15) is 4.79 Å². The first-order valence-corrected chi connectivity index (χ1v) is 8.13. The fourth-order valence-corrected chi connectivity index (χ4v) is 2.52. The number of carbonyl (C=O) groups excluding carboxylic acids is 1. The van der Waals surface area contributed by atoms with Crippen molar-refractivity contribution < 1.29 is 4.79 Å². The van der Waals surface area contributed by atoms with Crippen LogP contribution in [-0.4, -0.2) is 45.3 Å². The summed E-state index contributed by atoms with van der Waals surface area (Å²) in [6.45, 7) is 10.3. The van der Waals surface area contributed by atoms with Crippen molar-refractivity contribution in [3.63, 3.8) is 0 Å². The van der Waals surface area contributed by atoms with Crippen molar-refractivity contribution in [2.75, 3.05) is 13.6 Å². The maximum Gasteiger partial charge on any atom is 0.251 e. The van der Waals surface area contributed by atoms with Gasteiger partial charge in [-0.15, -0.1) is 0 Å². The van der Waals surface area contributed by atoms with E-state index in [1.807, 2.05) is 47.7 Å². The number of nitrogens with zero attached hydrogens (tertiary/aromatic N) is 4. The van der Waals surface area contributed by atoms with E-state index < -0.39 is 0 Å². The monoisotopic (exact) mass is 330 g/mol. The average Bonchev–Trinajstić information content (AvgIpc) is 2.79. The number of rotatable bonds is 6. The van der Waals surface area contributed by atoms with Gasteiger partial charge in [0.1, 0.15) is 0 Å². The number of nitrogens with one attached hydrogen (secondary N) is 2. The Morgan fingerprint density at radius 3 is 2.42 bits per heavy atom. The second kappa shape index (κ2) is 7.53. The summed E-state index contributed by atoms with van der Waals surface area (Å²) in [5, 5.41) is 10.6. The van der Waals surface area contributed by atoms with E-state index >= 15 is 0 Å². The van der Waals surface area contributed by atoms with E-state index in [0.717, 1.165) is 28.3 Å². The standard InChI is InChI=1S/C17H26N6O/c1-10-7-11(2)21-17(20-10)23-14(5)15(13(4)22-23)8-16(24)19-9-12(3)18-6/h7,12,18H,8-9H2,1-6H3,(H,19,24). The van der Waals surface area contributed by atoms with Gasteiger partial charge >= 0.3 is 0 Å². The number of hydrogen-bond donors (Lipinski definition) is 2. The zero-order chi connectivity index (χ0) is 17.9. The molecule has 2 rings (SSSR count). The Kier molecular flexibility index (Phi) is 5.66. The predicted octanol–water partition coefficient (Wildman–Crippen LogP) is 1.16. The van der Waals surface area contributed by atoms with E-state index in [1.165, 1.54) is 0 Å². The van der Waals surface area contributed by atoms with Gasteiger partial charge in [0.05, 0.1) is 12.1 Å². The topological polar surface area (TPSA) is 84.7 Å². The Labute approximate surface area is 142 Å². The van der Waals surface area contributed by atoms with Crippen LogP contribution in [0.15, 0.2) is 6.07 Å². The van der Waals surface area contributed by atoms with Gasteiger partial charge in [0, 0.05) is 35.2 Å². The molecule has 7 heteroatoms. The van der Waals surface area contributed by atoms with E-state index in [-0.39, 0.29) is 11.9 Å². The summed E-state index contributed by atoms with van der Waals surface area (Å²) in [6, 6.07) is 2.16. The molecule has 1 atom stereocenters. The lowest BCUT2D eigenvalue weighted by molar-refractivity contribution is -0.120. The second-order valence-corrected chi connectivity index (χ2v) is 6.18. The van der Waals surface area contributed by atoms with Crippen molar-refractivity contribution in [2.24, 2.45) is 0 Å². The molecule has 0 bridgehead atoms. The van der Waals surface area contributed by atoms with Crippen molar-refractivity contribution in [1.82, 2.24) is 30.4 Å². The number of amides is 1. The molecule has 0 radical (unpaired) electrons. The lowest BCUT2D eigenvalue weighted by Gasteiger charge is -2.11. The van der Waals surface area contributed by atoms with Crippen LogP contribution in [0.4, 0.5) is 0 Å². The van der Waals surface area contributed by atoms with E-state index in [4.69, 9.17) is 0 Å². The van der Waals surface area contributed by atoms with Crippen molar-refractivity contribution in [1.29, 1.82) is 0 Å². The zero-order valence-corrected chi connectivity index (χ0v) is 15.3. The molecule has 0 spiro atoms. The number of carbonyl (C=O) groups is 1. The Morgan fingerprint density at radius 2 is 1.83 bits per heavy atom.